The number of halogens is 1. The monoisotopic (exact) mass is 425 g/mol. The van der Waals surface area contributed by atoms with Crippen LogP contribution < -0.4 is 16.0 Å². The first-order valence-corrected chi connectivity index (χ1v) is 9.50. The van der Waals surface area contributed by atoms with E-state index in [2.05, 4.69) is 4.98 Å². The number of nitrogens with two attached hydrogens (primary N) is 1. The van der Waals surface area contributed by atoms with E-state index in [1.807, 2.05) is 0 Å². The molecule has 1 amide bonds. The third-order valence-corrected chi connectivity index (χ3v) is 4.94. The molecular formula is C22H20ClN3O4. The molecule has 30 heavy (non-hydrogen) atoms. The summed E-state index contributed by atoms with van der Waals surface area (Å²) in [6.07, 6.45) is 3.16. The van der Waals surface area contributed by atoms with Crippen LogP contribution in [-0.4, -0.2) is 28.4 Å². The molecule has 1 aromatic carbocycles. The molecule has 8 heteroatoms. The number of pyridine rings is 2. The Morgan fingerprint density at radius 3 is 2.57 bits per heavy atom. The summed E-state index contributed by atoms with van der Waals surface area (Å²) in [6, 6.07) is 10.4. The predicted molar refractivity (Wildman–Crippen MR) is 114 cm³/mol. The molecule has 0 aliphatic carbocycles. The van der Waals surface area contributed by atoms with Gasteiger partial charge in [0.05, 0.1) is 13.3 Å². The zero-order valence-electron chi connectivity index (χ0n) is 16.5. The zero-order valence-corrected chi connectivity index (χ0v) is 17.2. The molecule has 2 aromatic heterocycles. The summed E-state index contributed by atoms with van der Waals surface area (Å²) in [5.74, 6) is -0.561. The molecular weight excluding hydrogens is 406 g/mol. The lowest BCUT2D eigenvalue weighted by Gasteiger charge is -2.19. The van der Waals surface area contributed by atoms with E-state index in [0.717, 1.165) is 0 Å². The lowest BCUT2D eigenvalue weighted by Crippen LogP contribution is -2.35. The highest BCUT2D eigenvalue weighted by Crippen LogP contribution is 2.34. The number of benzene rings is 1. The van der Waals surface area contributed by atoms with E-state index in [1.54, 1.807) is 42.6 Å². The summed E-state index contributed by atoms with van der Waals surface area (Å²) >= 11 is 6.12. The van der Waals surface area contributed by atoms with E-state index >= 15 is 0 Å². The Labute approximate surface area is 178 Å². The van der Waals surface area contributed by atoms with Gasteiger partial charge in [0, 0.05) is 40.5 Å². The Balaban J connectivity index is 2.15. The van der Waals surface area contributed by atoms with Gasteiger partial charge in [-0.25, -0.2) is 0 Å². The number of carbonyl (C=O) groups excluding carboxylic acids is 2. The van der Waals surface area contributed by atoms with Crippen LogP contribution in [0.2, 0.25) is 5.02 Å². The Kier molecular flexibility index (Phi) is 6.32. The molecule has 0 saturated heterocycles. The van der Waals surface area contributed by atoms with Gasteiger partial charge in [0.15, 0.2) is 5.78 Å². The van der Waals surface area contributed by atoms with Gasteiger partial charge in [-0.3, -0.25) is 23.9 Å². The molecule has 0 aliphatic rings. The third kappa shape index (κ3) is 4.41. The van der Waals surface area contributed by atoms with Crippen LogP contribution >= 0.6 is 11.6 Å². The molecule has 3 rings (SSSR count). The largest absolute Gasteiger partial charge is 0.495 e. The number of Topliss-reactive ketones (excluding diaryl/α,β-unsaturated/α-hetero) is 1. The molecule has 0 saturated carbocycles. The SMILES string of the molecule is COc1cn(C(Cc2ccccn2)C(N)=O)c(=O)cc1-c1cc(Cl)ccc1C(C)=O. The number of carbonyl (C=O) groups is 2. The molecule has 0 fully saturated rings. The number of amides is 1. The van der Waals surface area contributed by atoms with Gasteiger partial charge in [-0.2, -0.15) is 0 Å². The Morgan fingerprint density at radius 2 is 1.97 bits per heavy atom. The summed E-state index contributed by atoms with van der Waals surface area (Å²) in [7, 11) is 1.43. The highest BCUT2D eigenvalue weighted by Gasteiger charge is 2.23. The van der Waals surface area contributed by atoms with Gasteiger partial charge in [-0.1, -0.05) is 17.7 Å². The normalized spacial score (nSPS) is 11.7. The predicted octanol–water partition coefficient (Wildman–Crippen LogP) is 3.04. The number of rotatable bonds is 7. The van der Waals surface area contributed by atoms with Crippen LogP contribution in [0.25, 0.3) is 11.1 Å². The number of nitrogens with zero attached hydrogens (tertiary/aromatic N) is 2. The van der Waals surface area contributed by atoms with E-state index in [9.17, 15) is 14.4 Å². The maximum absolute atomic E-state index is 12.9. The van der Waals surface area contributed by atoms with Gasteiger partial charge in [-0.15, -0.1) is 0 Å². The van der Waals surface area contributed by atoms with Gasteiger partial charge < -0.3 is 10.5 Å². The number of primary amides is 1. The van der Waals surface area contributed by atoms with Crippen molar-refractivity contribution >= 4 is 23.3 Å². The van der Waals surface area contributed by atoms with Crippen molar-refractivity contribution < 1.29 is 14.3 Å². The van der Waals surface area contributed by atoms with Gasteiger partial charge in [0.2, 0.25) is 5.91 Å². The number of ketones is 1. The van der Waals surface area contributed by atoms with E-state index < -0.39 is 17.5 Å². The summed E-state index contributed by atoms with van der Waals surface area (Å²) < 4.78 is 6.69. The van der Waals surface area contributed by atoms with Gasteiger partial charge in [0.25, 0.3) is 5.56 Å². The van der Waals surface area contributed by atoms with Crippen LogP contribution in [0.1, 0.15) is 29.0 Å². The first-order valence-electron chi connectivity index (χ1n) is 9.12. The number of aromatic nitrogens is 2. The van der Waals surface area contributed by atoms with Crippen molar-refractivity contribution in [3.63, 3.8) is 0 Å². The minimum absolute atomic E-state index is 0.147. The summed E-state index contributed by atoms with van der Waals surface area (Å²) in [4.78, 5) is 41.3. The third-order valence-electron chi connectivity index (χ3n) is 4.71. The molecule has 0 aliphatic heterocycles. The maximum atomic E-state index is 12.9. The van der Waals surface area contributed by atoms with Gasteiger partial charge in [-0.05, 0) is 42.8 Å². The summed E-state index contributed by atoms with van der Waals surface area (Å²) in [5.41, 5.74) is 6.99. The van der Waals surface area contributed by atoms with Crippen LogP contribution in [0, 0.1) is 0 Å². The average molecular weight is 426 g/mol. The topological polar surface area (TPSA) is 104 Å². The van der Waals surface area contributed by atoms with Crippen LogP contribution in [0.4, 0.5) is 0 Å². The Morgan fingerprint density at radius 1 is 1.20 bits per heavy atom. The molecule has 7 nitrogen and oxygen atoms in total. The van der Waals surface area contributed by atoms with E-state index in [4.69, 9.17) is 22.1 Å². The van der Waals surface area contributed by atoms with Gasteiger partial charge in [0.1, 0.15) is 11.8 Å². The van der Waals surface area contributed by atoms with Crippen molar-refractivity contribution in [2.45, 2.75) is 19.4 Å². The highest BCUT2D eigenvalue weighted by molar-refractivity contribution is 6.31. The molecule has 1 unspecified atom stereocenters. The van der Waals surface area contributed by atoms with Crippen molar-refractivity contribution in [2.75, 3.05) is 7.11 Å². The van der Waals surface area contributed by atoms with Crippen molar-refractivity contribution in [1.29, 1.82) is 0 Å². The number of hydrogen-bond acceptors (Lipinski definition) is 5. The number of ether oxygens (including phenoxy) is 1. The summed E-state index contributed by atoms with van der Waals surface area (Å²) in [6.45, 7) is 1.43. The lowest BCUT2D eigenvalue weighted by molar-refractivity contribution is -0.121. The quantitative estimate of drug-likeness (QED) is 0.586. The molecule has 2 N–H and O–H groups in total. The van der Waals surface area contributed by atoms with Crippen molar-refractivity contribution in [2.24, 2.45) is 5.73 Å². The smallest absolute Gasteiger partial charge is 0.252 e. The average Bonchev–Trinajstić information content (AvgIpc) is 2.72. The minimum atomic E-state index is -0.956. The van der Waals surface area contributed by atoms with E-state index in [1.165, 1.54) is 30.9 Å². The lowest BCUT2D eigenvalue weighted by atomic mass is 9.97. The number of methoxy groups -OCH3 is 1. The molecule has 154 valence electrons. The first kappa shape index (κ1) is 21.3. The fourth-order valence-corrected chi connectivity index (χ4v) is 3.42. The van der Waals surface area contributed by atoms with Crippen LogP contribution in [-0.2, 0) is 11.2 Å². The molecule has 1 atom stereocenters. The van der Waals surface area contributed by atoms with Crippen LogP contribution in [0.5, 0.6) is 5.75 Å². The first-order chi connectivity index (χ1) is 14.3. The zero-order chi connectivity index (χ0) is 21.8. The molecule has 0 spiro atoms. The summed E-state index contributed by atoms with van der Waals surface area (Å²) in [5, 5.41) is 0.409. The molecule has 0 radical (unpaired) electrons. The van der Waals surface area contributed by atoms with Crippen LogP contribution in [0.15, 0.2) is 59.7 Å². The second-order valence-corrected chi connectivity index (χ2v) is 7.13. The Bertz CT molecular complexity index is 1160. The minimum Gasteiger partial charge on any atom is -0.495 e. The second-order valence-electron chi connectivity index (χ2n) is 6.69. The van der Waals surface area contributed by atoms with E-state index in [0.29, 0.717) is 33.2 Å². The Hall–Kier alpha value is -3.45. The molecule has 3 aromatic rings. The van der Waals surface area contributed by atoms with Crippen molar-refractivity contribution in [3.8, 4) is 16.9 Å². The second kappa shape index (κ2) is 8.92. The van der Waals surface area contributed by atoms with Crippen LogP contribution in [0.3, 0.4) is 0 Å². The molecule has 0 bridgehead atoms. The number of hydrogen-bond donors (Lipinski definition) is 1. The fraction of sp³-hybridized carbons (Fsp3) is 0.182. The fourth-order valence-electron chi connectivity index (χ4n) is 3.24. The van der Waals surface area contributed by atoms with Crippen molar-refractivity contribution in [3.05, 3.63) is 81.5 Å². The van der Waals surface area contributed by atoms with E-state index in [-0.39, 0.29) is 12.2 Å². The van der Waals surface area contributed by atoms with Crippen molar-refractivity contribution in [1.82, 2.24) is 9.55 Å². The van der Waals surface area contributed by atoms with Gasteiger partial charge >= 0.3 is 0 Å². The highest BCUT2D eigenvalue weighted by atomic mass is 35.5. The standard InChI is InChI=1S/C22H20ClN3O4/c1-13(27)16-7-6-14(23)9-17(16)18-11-21(28)26(12-20(18)30-2)19(22(24)29)10-15-5-3-4-8-25-15/h3-9,11-12,19H,10H2,1-2H3,(H2,24,29). The maximum Gasteiger partial charge on any atom is 0.252 e. The molecule has 2 heterocycles.